The van der Waals surface area contributed by atoms with Crippen LogP contribution in [0, 0.1) is 6.92 Å². The molecule has 158 valence electrons. The van der Waals surface area contributed by atoms with Crippen LogP contribution in [0.3, 0.4) is 0 Å². The van der Waals surface area contributed by atoms with E-state index in [1.54, 1.807) is 23.9 Å². The lowest BCUT2D eigenvalue weighted by Gasteiger charge is -2.05. The Bertz CT molecular complexity index is 1110. The Morgan fingerprint density at radius 1 is 1.07 bits per heavy atom. The van der Waals surface area contributed by atoms with Gasteiger partial charge in [-0.1, -0.05) is 36.6 Å². The minimum Gasteiger partial charge on any atom is -0.403 e. The molecule has 0 bridgehead atoms. The minimum absolute atomic E-state index is 0.0663. The SMILES string of the molecule is Cc1ccc(S(=O)(=O)CCC(=O)Nc2nnc(-c3ccc(SC(C)C)cc3)o2)cc1. The first-order valence-electron chi connectivity index (χ1n) is 9.43. The van der Waals surface area contributed by atoms with Crippen molar-refractivity contribution in [2.75, 3.05) is 11.1 Å². The van der Waals surface area contributed by atoms with Crippen molar-refractivity contribution in [3.63, 3.8) is 0 Å². The summed E-state index contributed by atoms with van der Waals surface area (Å²) in [7, 11) is -3.54. The van der Waals surface area contributed by atoms with Gasteiger partial charge < -0.3 is 4.42 Å². The molecule has 0 atom stereocenters. The Kier molecular flexibility index (Phi) is 6.94. The number of amides is 1. The molecule has 0 saturated carbocycles. The van der Waals surface area contributed by atoms with Crippen LogP contribution >= 0.6 is 11.8 Å². The molecule has 0 aliphatic carbocycles. The van der Waals surface area contributed by atoms with E-state index in [0.717, 1.165) is 16.0 Å². The highest BCUT2D eigenvalue weighted by Crippen LogP contribution is 2.26. The zero-order valence-corrected chi connectivity index (χ0v) is 18.6. The second-order valence-electron chi connectivity index (χ2n) is 7.03. The van der Waals surface area contributed by atoms with E-state index >= 15 is 0 Å². The maximum absolute atomic E-state index is 12.4. The number of hydrogen-bond donors (Lipinski definition) is 1. The van der Waals surface area contributed by atoms with Crippen molar-refractivity contribution in [3.8, 4) is 11.5 Å². The Morgan fingerprint density at radius 2 is 1.73 bits per heavy atom. The van der Waals surface area contributed by atoms with Crippen LogP contribution in [-0.4, -0.2) is 35.5 Å². The van der Waals surface area contributed by atoms with Crippen LogP contribution in [0.5, 0.6) is 0 Å². The molecule has 0 aliphatic rings. The molecule has 0 aliphatic heterocycles. The molecule has 0 radical (unpaired) electrons. The number of aryl methyl sites for hydroxylation is 1. The summed E-state index contributed by atoms with van der Waals surface area (Å²) in [4.78, 5) is 13.5. The summed E-state index contributed by atoms with van der Waals surface area (Å²) in [6, 6.07) is 14.1. The van der Waals surface area contributed by atoms with Gasteiger partial charge in [0, 0.05) is 22.1 Å². The maximum atomic E-state index is 12.4. The van der Waals surface area contributed by atoms with Crippen molar-refractivity contribution in [1.29, 1.82) is 0 Å². The van der Waals surface area contributed by atoms with Crippen molar-refractivity contribution in [3.05, 3.63) is 54.1 Å². The Morgan fingerprint density at radius 3 is 2.37 bits per heavy atom. The van der Waals surface area contributed by atoms with E-state index in [9.17, 15) is 13.2 Å². The molecule has 1 N–H and O–H groups in total. The van der Waals surface area contributed by atoms with Gasteiger partial charge in [-0.2, -0.15) is 0 Å². The summed E-state index contributed by atoms with van der Waals surface area (Å²) in [6.45, 7) is 6.12. The molecule has 0 fully saturated rings. The quantitative estimate of drug-likeness (QED) is 0.514. The lowest BCUT2D eigenvalue weighted by molar-refractivity contribution is -0.115. The van der Waals surface area contributed by atoms with Crippen LogP contribution in [-0.2, 0) is 14.6 Å². The summed E-state index contributed by atoms with van der Waals surface area (Å²) in [5.74, 6) is -0.541. The molecule has 30 heavy (non-hydrogen) atoms. The molecule has 0 saturated heterocycles. The molecule has 1 heterocycles. The minimum atomic E-state index is -3.54. The fraction of sp³-hybridized carbons (Fsp3) is 0.286. The molecule has 0 spiro atoms. The van der Waals surface area contributed by atoms with E-state index in [4.69, 9.17) is 4.42 Å². The highest BCUT2D eigenvalue weighted by molar-refractivity contribution is 7.99. The first-order valence-corrected chi connectivity index (χ1v) is 12.0. The molecule has 3 aromatic rings. The van der Waals surface area contributed by atoms with Crippen LogP contribution in [0.25, 0.3) is 11.5 Å². The van der Waals surface area contributed by atoms with E-state index in [1.807, 2.05) is 31.2 Å². The summed E-state index contributed by atoms with van der Waals surface area (Å²) >= 11 is 1.75. The number of thioether (sulfide) groups is 1. The monoisotopic (exact) mass is 445 g/mol. The van der Waals surface area contributed by atoms with E-state index in [0.29, 0.717) is 5.25 Å². The normalized spacial score (nSPS) is 11.6. The molecular weight excluding hydrogens is 422 g/mol. The van der Waals surface area contributed by atoms with E-state index in [2.05, 4.69) is 29.4 Å². The molecule has 9 heteroatoms. The number of carbonyl (C=O) groups is 1. The van der Waals surface area contributed by atoms with Gasteiger partial charge in [0.05, 0.1) is 10.6 Å². The van der Waals surface area contributed by atoms with Crippen molar-refractivity contribution in [2.45, 2.75) is 42.2 Å². The lowest BCUT2D eigenvalue weighted by atomic mass is 10.2. The summed E-state index contributed by atoms with van der Waals surface area (Å²) in [6.07, 6.45) is -0.213. The van der Waals surface area contributed by atoms with E-state index < -0.39 is 15.7 Å². The van der Waals surface area contributed by atoms with Gasteiger partial charge in [0.25, 0.3) is 0 Å². The van der Waals surface area contributed by atoms with Gasteiger partial charge in [-0.05, 0) is 43.3 Å². The summed E-state index contributed by atoms with van der Waals surface area (Å²) in [5.41, 5.74) is 1.70. The summed E-state index contributed by atoms with van der Waals surface area (Å²) in [5, 5.41) is 10.7. The second-order valence-corrected chi connectivity index (χ2v) is 10.8. The highest BCUT2D eigenvalue weighted by atomic mass is 32.2. The van der Waals surface area contributed by atoms with Gasteiger partial charge in [-0.15, -0.1) is 16.9 Å². The molecule has 3 rings (SSSR count). The number of hydrogen-bond acceptors (Lipinski definition) is 7. The fourth-order valence-corrected chi connectivity index (χ4v) is 4.69. The number of anilines is 1. The second kappa shape index (κ2) is 9.44. The van der Waals surface area contributed by atoms with Crippen molar-refractivity contribution in [1.82, 2.24) is 10.2 Å². The zero-order chi connectivity index (χ0) is 21.7. The highest BCUT2D eigenvalue weighted by Gasteiger charge is 2.18. The lowest BCUT2D eigenvalue weighted by Crippen LogP contribution is -2.17. The van der Waals surface area contributed by atoms with Crippen molar-refractivity contribution >= 4 is 33.5 Å². The Balaban J connectivity index is 1.57. The Hall–Kier alpha value is -2.65. The van der Waals surface area contributed by atoms with Crippen LogP contribution in [0.15, 0.2) is 62.7 Å². The van der Waals surface area contributed by atoms with Crippen LogP contribution in [0.2, 0.25) is 0 Å². The molecule has 7 nitrogen and oxygen atoms in total. The first kappa shape index (κ1) is 22.0. The standard InChI is InChI=1S/C21H23N3O4S2/c1-14(2)29-17-8-6-16(7-9-17)20-23-24-21(28-20)22-19(25)12-13-30(26,27)18-10-4-15(3)5-11-18/h4-11,14H,12-13H2,1-3H3,(H,22,24,25). The third kappa shape index (κ3) is 5.93. The third-order valence-corrected chi connectivity index (χ3v) is 6.87. The molecule has 0 unspecified atom stereocenters. The predicted molar refractivity (Wildman–Crippen MR) is 117 cm³/mol. The number of aromatic nitrogens is 2. The largest absolute Gasteiger partial charge is 0.403 e. The van der Waals surface area contributed by atoms with Crippen molar-refractivity contribution < 1.29 is 17.6 Å². The van der Waals surface area contributed by atoms with Crippen LogP contribution < -0.4 is 5.32 Å². The van der Waals surface area contributed by atoms with Crippen molar-refractivity contribution in [2.24, 2.45) is 0 Å². The first-order chi connectivity index (χ1) is 14.2. The molecular formula is C21H23N3O4S2. The average molecular weight is 446 g/mol. The van der Waals surface area contributed by atoms with Gasteiger partial charge in [-0.25, -0.2) is 8.42 Å². The molecule has 1 amide bonds. The molecule has 1 aromatic heterocycles. The molecule has 2 aromatic carbocycles. The third-order valence-electron chi connectivity index (χ3n) is 4.12. The zero-order valence-electron chi connectivity index (χ0n) is 17.0. The van der Waals surface area contributed by atoms with E-state index in [1.165, 1.54) is 12.1 Å². The van der Waals surface area contributed by atoms with Gasteiger partial charge in [-0.3, -0.25) is 10.1 Å². The summed E-state index contributed by atoms with van der Waals surface area (Å²) < 4.78 is 30.2. The predicted octanol–water partition coefficient (Wildman–Crippen LogP) is 4.35. The Labute approximate surface area is 180 Å². The fourth-order valence-electron chi connectivity index (χ4n) is 2.61. The van der Waals surface area contributed by atoms with Crippen LogP contribution in [0.4, 0.5) is 6.01 Å². The van der Waals surface area contributed by atoms with Gasteiger partial charge in [0.15, 0.2) is 9.84 Å². The number of nitrogens with one attached hydrogen (secondary N) is 1. The van der Waals surface area contributed by atoms with Crippen LogP contribution in [0.1, 0.15) is 25.8 Å². The number of nitrogens with zero attached hydrogens (tertiary/aromatic N) is 2. The number of rotatable bonds is 8. The topological polar surface area (TPSA) is 102 Å². The van der Waals surface area contributed by atoms with Gasteiger partial charge in [0.2, 0.25) is 11.8 Å². The number of sulfone groups is 1. The van der Waals surface area contributed by atoms with Gasteiger partial charge >= 0.3 is 6.01 Å². The smallest absolute Gasteiger partial charge is 0.322 e. The number of carbonyl (C=O) groups excluding carboxylic acids is 1. The average Bonchev–Trinajstić information content (AvgIpc) is 3.15. The van der Waals surface area contributed by atoms with E-state index in [-0.39, 0.29) is 29.0 Å². The maximum Gasteiger partial charge on any atom is 0.322 e. The van der Waals surface area contributed by atoms with Gasteiger partial charge in [0.1, 0.15) is 0 Å². The number of benzene rings is 2.